The highest BCUT2D eigenvalue weighted by Gasteiger charge is 2.23. The van der Waals surface area contributed by atoms with Gasteiger partial charge in [0, 0.05) is 18.9 Å². The average Bonchev–Trinajstić information content (AvgIpc) is 3.05. The molecule has 0 aliphatic heterocycles. The van der Waals surface area contributed by atoms with E-state index in [2.05, 4.69) is 27.6 Å². The summed E-state index contributed by atoms with van der Waals surface area (Å²) < 4.78 is 5.14. The summed E-state index contributed by atoms with van der Waals surface area (Å²) in [6, 6.07) is 6.28. The van der Waals surface area contributed by atoms with Crippen LogP contribution in [0.5, 0.6) is 0 Å². The Hall–Kier alpha value is -2.17. The van der Waals surface area contributed by atoms with Gasteiger partial charge in [0.05, 0.1) is 6.04 Å². The molecule has 1 aromatic carbocycles. The predicted molar refractivity (Wildman–Crippen MR) is 74.0 cm³/mol. The van der Waals surface area contributed by atoms with E-state index in [1.54, 1.807) is 6.92 Å². The van der Waals surface area contributed by atoms with Crippen molar-refractivity contribution in [2.45, 2.75) is 39.2 Å². The molecule has 3 rings (SSSR count). The first kappa shape index (κ1) is 12.8. The highest BCUT2D eigenvalue weighted by atomic mass is 16.5. The molecule has 0 bridgehead atoms. The number of aromatic nitrogens is 2. The second kappa shape index (κ2) is 5.07. The molecular weight excluding hydrogens is 254 g/mol. The molecule has 0 fully saturated rings. The third-order valence-electron chi connectivity index (χ3n) is 3.63. The zero-order valence-electron chi connectivity index (χ0n) is 11.6. The highest BCUT2D eigenvalue weighted by molar-refractivity contribution is 5.73. The number of nitrogens with zero attached hydrogens (tertiary/aromatic N) is 2. The molecule has 0 spiro atoms. The van der Waals surface area contributed by atoms with E-state index in [9.17, 15) is 4.79 Å². The number of benzene rings is 1. The lowest BCUT2D eigenvalue weighted by Gasteiger charge is -2.12. The zero-order chi connectivity index (χ0) is 14.1. The van der Waals surface area contributed by atoms with Crippen molar-refractivity contribution in [1.29, 1.82) is 0 Å². The molecule has 1 aliphatic carbocycles. The Morgan fingerprint density at radius 3 is 3.05 bits per heavy atom. The molecule has 2 aromatic rings. The first-order valence-electron chi connectivity index (χ1n) is 6.90. The second-order valence-electron chi connectivity index (χ2n) is 5.07. The Bertz CT molecular complexity index is 648. The number of carbonyl (C=O) groups excluding carboxylic acids is 1. The molecule has 1 N–H and O–H groups in total. The molecule has 104 valence electrons. The van der Waals surface area contributed by atoms with E-state index in [1.165, 1.54) is 11.1 Å². The number of nitrogens with one attached hydrogen (secondary N) is 1. The summed E-state index contributed by atoms with van der Waals surface area (Å²) in [5.74, 6) is 1.29. The van der Waals surface area contributed by atoms with Crippen LogP contribution in [0.1, 0.15) is 43.3 Å². The normalized spacial score (nSPS) is 17.0. The van der Waals surface area contributed by atoms with Crippen LogP contribution < -0.4 is 5.32 Å². The standard InChI is InChI=1S/C15H17N3O2/c1-3-14-17-15(18-20-14)11-4-6-12-10(8-11)5-7-13(12)16-9(2)19/h4,6,8,13H,3,5,7H2,1-2H3,(H,16,19). The lowest BCUT2D eigenvalue weighted by molar-refractivity contribution is -0.119. The van der Waals surface area contributed by atoms with Gasteiger partial charge < -0.3 is 9.84 Å². The lowest BCUT2D eigenvalue weighted by atomic mass is 10.0. The van der Waals surface area contributed by atoms with Crippen LogP contribution in [0.25, 0.3) is 11.4 Å². The van der Waals surface area contributed by atoms with Crippen LogP contribution >= 0.6 is 0 Å². The summed E-state index contributed by atoms with van der Waals surface area (Å²) in [7, 11) is 0. The minimum Gasteiger partial charge on any atom is -0.350 e. The fraction of sp³-hybridized carbons (Fsp3) is 0.400. The van der Waals surface area contributed by atoms with Crippen molar-refractivity contribution in [2.75, 3.05) is 0 Å². The van der Waals surface area contributed by atoms with Gasteiger partial charge in [0.25, 0.3) is 0 Å². The maximum atomic E-state index is 11.2. The molecular formula is C15H17N3O2. The van der Waals surface area contributed by atoms with Gasteiger partial charge in [-0.05, 0) is 30.0 Å². The SMILES string of the molecule is CCc1nc(-c2ccc3c(c2)CCC3NC(C)=O)no1. The zero-order valence-corrected chi connectivity index (χ0v) is 11.6. The molecule has 5 heteroatoms. The molecule has 0 radical (unpaired) electrons. The van der Waals surface area contributed by atoms with Crippen molar-refractivity contribution in [2.24, 2.45) is 0 Å². The van der Waals surface area contributed by atoms with Gasteiger partial charge in [-0.25, -0.2) is 0 Å². The van der Waals surface area contributed by atoms with Gasteiger partial charge in [0.2, 0.25) is 17.6 Å². The van der Waals surface area contributed by atoms with Gasteiger partial charge in [-0.1, -0.05) is 24.2 Å². The van der Waals surface area contributed by atoms with E-state index in [4.69, 9.17) is 4.52 Å². The Morgan fingerprint density at radius 2 is 2.35 bits per heavy atom. The number of fused-ring (bicyclic) bond motifs is 1. The molecule has 5 nitrogen and oxygen atoms in total. The quantitative estimate of drug-likeness (QED) is 0.931. The van der Waals surface area contributed by atoms with Crippen LogP contribution in [0.15, 0.2) is 22.7 Å². The van der Waals surface area contributed by atoms with Crippen LogP contribution in [0.4, 0.5) is 0 Å². The topological polar surface area (TPSA) is 68.0 Å². The number of hydrogen-bond donors (Lipinski definition) is 1. The molecule has 20 heavy (non-hydrogen) atoms. The lowest BCUT2D eigenvalue weighted by Crippen LogP contribution is -2.24. The summed E-state index contributed by atoms with van der Waals surface area (Å²) >= 11 is 0. The first-order chi connectivity index (χ1) is 9.67. The maximum absolute atomic E-state index is 11.2. The van der Waals surface area contributed by atoms with Gasteiger partial charge >= 0.3 is 0 Å². The smallest absolute Gasteiger partial charge is 0.226 e. The van der Waals surface area contributed by atoms with E-state index in [1.807, 2.05) is 13.0 Å². The Kier molecular flexibility index (Phi) is 3.26. The molecule has 1 aliphatic rings. The molecule has 1 heterocycles. The van der Waals surface area contributed by atoms with Gasteiger partial charge in [-0.15, -0.1) is 0 Å². The van der Waals surface area contributed by atoms with Crippen molar-refractivity contribution in [1.82, 2.24) is 15.5 Å². The minimum atomic E-state index is 0.0117. The van der Waals surface area contributed by atoms with Crippen LogP contribution in [-0.4, -0.2) is 16.0 Å². The van der Waals surface area contributed by atoms with Crippen LogP contribution in [-0.2, 0) is 17.6 Å². The Balaban J connectivity index is 1.89. The number of carbonyl (C=O) groups is 1. The van der Waals surface area contributed by atoms with Crippen LogP contribution in [0.3, 0.4) is 0 Å². The fourth-order valence-corrected chi connectivity index (χ4v) is 2.67. The molecule has 1 unspecified atom stereocenters. The largest absolute Gasteiger partial charge is 0.350 e. The number of rotatable bonds is 3. The second-order valence-corrected chi connectivity index (χ2v) is 5.07. The van der Waals surface area contributed by atoms with Crippen molar-refractivity contribution in [3.63, 3.8) is 0 Å². The fourth-order valence-electron chi connectivity index (χ4n) is 2.67. The van der Waals surface area contributed by atoms with Crippen LogP contribution in [0, 0.1) is 0 Å². The average molecular weight is 271 g/mol. The number of aryl methyl sites for hydroxylation is 2. The van der Waals surface area contributed by atoms with Crippen LogP contribution in [0.2, 0.25) is 0 Å². The van der Waals surface area contributed by atoms with Gasteiger partial charge in [0.1, 0.15) is 0 Å². The summed E-state index contributed by atoms with van der Waals surface area (Å²) in [6.07, 6.45) is 2.65. The minimum absolute atomic E-state index is 0.0117. The van der Waals surface area contributed by atoms with E-state index < -0.39 is 0 Å². The summed E-state index contributed by atoms with van der Waals surface area (Å²) in [6.45, 7) is 3.54. The monoisotopic (exact) mass is 271 g/mol. The predicted octanol–water partition coefficient (Wildman–Crippen LogP) is 2.42. The Labute approximate surface area is 117 Å². The van der Waals surface area contributed by atoms with E-state index >= 15 is 0 Å². The van der Waals surface area contributed by atoms with E-state index in [0.29, 0.717) is 11.7 Å². The van der Waals surface area contributed by atoms with Gasteiger partial charge in [-0.3, -0.25) is 4.79 Å². The molecule has 1 amide bonds. The number of amides is 1. The maximum Gasteiger partial charge on any atom is 0.226 e. The Morgan fingerprint density at radius 1 is 1.50 bits per heavy atom. The summed E-state index contributed by atoms with van der Waals surface area (Å²) in [5.41, 5.74) is 3.42. The summed E-state index contributed by atoms with van der Waals surface area (Å²) in [5, 5.41) is 6.98. The van der Waals surface area contributed by atoms with Crippen molar-refractivity contribution in [3.05, 3.63) is 35.2 Å². The molecule has 0 saturated carbocycles. The summed E-state index contributed by atoms with van der Waals surface area (Å²) in [4.78, 5) is 15.5. The molecule has 0 saturated heterocycles. The van der Waals surface area contributed by atoms with Crippen molar-refractivity contribution in [3.8, 4) is 11.4 Å². The van der Waals surface area contributed by atoms with E-state index in [-0.39, 0.29) is 11.9 Å². The third-order valence-corrected chi connectivity index (χ3v) is 3.63. The van der Waals surface area contributed by atoms with Gasteiger partial charge in [0.15, 0.2) is 0 Å². The van der Waals surface area contributed by atoms with E-state index in [0.717, 1.165) is 24.8 Å². The van der Waals surface area contributed by atoms with Crippen molar-refractivity contribution < 1.29 is 9.32 Å². The molecule has 1 atom stereocenters. The third kappa shape index (κ3) is 2.31. The molecule has 1 aromatic heterocycles. The van der Waals surface area contributed by atoms with Gasteiger partial charge in [-0.2, -0.15) is 4.98 Å². The number of hydrogen-bond acceptors (Lipinski definition) is 4. The van der Waals surface area contributed by atoms with Crippen molar-refractivity contribution >= 4 is 5.91 Å². The highest BCUT2D eigenvalue weighted by Crippen LogP contribution is 2.33. The first-order valence-corrected chi connectivity index (χ1v) is 6.90.